The first-order valence-corrected chi connectivity index (χ1v) is 17.3. The van der Waals surface area contributed by atoms with Gasteiger partial charge in [-0.3, -0.25) is 9.69 Å². The van der Waals surface area contributed by atoms with Crippen molar-refractivity contribution in [2.24, 2.45) is 4.99 Å². The molecule has 0 radical (unpaired) electrons. The van der Waals surface area contributed by atoms with Gasteiger partial charge in [-0.25, -0.2) is 13.8 Å². The number of carbonyl (C=O) groups excluding carboxylic acids is 1. The molecule has 15 heteroatoms. The van der Waals surface area contributed by atoms with Crippen molar-refractivity contribution in [3.8, 4) is 11.1 Å². The third-order valence-corrected chi connectivity index (χ3v) is 11.3. The molecule has 4 aliphatic heterocycles. The number of alkyl halides is 3. The molecule has 4 atom stereocenters. The normalized spacial score (nSPS) is 25.5. The van der Waals surface area contributed by atoms with Crippen LogP contribution in [0.4, 0.5) is 27.6 Å². The summed E-state index contributed by atoms with van der Waals surface area (Å²) in [6, 6.07) is 1.50. The Morgan fingerprint density at radius 2 is 1.73 bits per heavy atom. The number of halogens is 6. The number of nitrogens with zero attached hydrogens (tertiary/aromatic N) is 6. The Hall–Kier alpha value is -2.91. The number of piperazine rings is 2. The summed E-state index contributed by atoms with van der Waals surface area (Å²) in [4.78, 5) is 27.0. The van der Waals surface area contributed by atoms with Gasteiger partial charge in [-0.05, 0) is 38.6 Å². The maximum absolute atomic E-state index is 15.5. The maximum Gasteiger partial charge on any atom is 0.417 e. The van der Waals surface area contributed by atoms with E-state index in [1.807, 2.05) is 13.8 Å². The van der Waals surface area contributed by atoms with E-state index in [0.717, 1.165) is 44.9 Å². The van der Waals surface area contributed by atoms with Crippen molar-refractivity contribution in [1.82, 2.24) is 19.6 Å². The molecule has 0 saturated carbocycles. The zero-order valence-electron chi connectivity index (χ0n) is 26.9. The number of hydrogen-bond acceptors (Lipinski definition) is 8. The van der Waals surface area contributed by atoms with Crippen LogP contribution >= 0.6 is 23.4 Å². The van der Waals surface area contributed by atoms with E-state index in [2.05, 4.69) is 28.3 Å². The summed E-state index contributed by atoms with van der Waals surface area (Å²) >= 11 is 7.20. The second-order valence-corrected chi connectivity index (χ2v) is 14.1. The van der Waals surface area contributed by atoms with Gasteiger partial charge in [0.1, 0.15) is 17.5 Å². The van der Waals surface area contributed by atoms with Gasteiger partial charge in [0, 0.05) is 97.3 Å². The molecule has 0 aliphatic carbocycles. The van der Waals surface area contributed by atoms with Crippen molar-refractivity contribution >= 4 is 40.8 Å². The Morgan fingerprint density at radius 3 is 2.33 bits per heavy atom. The summed E-state index contributed by atoms with van der Waals surface area (Å²) < 4.78 is 75.2. The van der Waals surface area contributed by atoms with Crippen LogP contribution in [0.2, 0.25) is 5.02 Å². The number of hydrogen-bond donors (Lipinski definition) is 1. The number of amidine groups is 1. The molecule has 8 nitrogen and oxygen atoms in total. The van der Waals surface area contributed by atoms with E-state index in [1.165, 1.54) is 17.8 Å². The molecule has 2 fully saturated rings. The van der Waals surface area contributed by atoms with Crippen LogP contribution in [0.15, 0.2) is 40.7 Å². The Labute approximate surface area is 285 Å². The molecule has 0 aromatic heterocycles. The number of amides is 1. The van der Waals surface area contributed by atoms with Gasteiger partial charge >= 0.3 is 6.18 Å². The Balaban J connectivity index is 1.53. The Morgan fingerprint density at radius 1 is 1.06 bits per heavy atom. The van der Waals surface area contributed by atoms with E-state index in [9.17, 15) is 14.3 Å². The van der Waals surface area contributed by atoms with Crippen LogP contribution in [0.1, 0.15) is 31.9 Å². The summed E-state index contributed by atoms with van der Waals surface area (Å²) in [6.07, 6.45) is -5.17. The second-order valence-electron chi connectivity index (χ2n) is 12.7. The number of carbonyl (C=O) groups is 1. The van der Waals surface area contributed by atoms with E-state index >= 15 is 17.6 Å². The molecular formula is C33H38ClF5N6O2S. The van der Waals surface area contributed by atoms with Gasteiger partial charge in [-0.2, -0.15) is 13.2 Å². The highest BCUT2D eigenvalue weighted by atomic mass is 35.5. The first-order chi connectivity index (χ1) is 22.7. The molecule has 260 valence electrons. The second kappa shape index (κ2) is 13.4. The van der Waals surface area contributed by atoms with Crippen molar-refractivity contribution < 1.29 is 31.9 Å². The summed E-state index contributed by atoms with van der Waals surface area (Å²) in [5.74, 6) is -2.01. The fraction of sp³-hybridized carbons (Fsp3) is 0.515. The lowest BCUT2D eigenvalue weighted by Gasteiger charge is -2.47. The number of aliphatic hydroxyl groups is 1. The van der Waals surface area contributed by atoms with Crippen molar-refractivity contribution in [2.45, 2.75) is 56.3 Å². The molecule has 2 saturated heterocycles. The smallest absolute Gasteiger partial charge is 0.355 e. The van der Waals surface area contributed by atoms with Gasteiger partial charge in [0.15, 0.2) is 0 Å². The Bertz CT molecular complexity index is 1620. The standard InChI is InChI=1S/C33H38ClF5N6O2S/c1-5-27(46)45-18(3)14-43(15-19(45)4)31-22-11-23(33(37,38)39)28(21-12-24(34)26(36)13-25(21)35)30-29(22)44(32(47)40-31)16-20(17-48-30)42-9-7-41(6-2)8-10-42/h5,11-13,18-20,32,47H,1,6-10,14-17H2,2-4H3/t18-,19+,20?,32?. The minimum atomic E-state index is -4.95. The molecule has 0 spiro atoms. The highest BCUT2D eigenvalue weighted by molar-refractivity contribution is 7.99. The predicted octanol–water partition coefficient (Wildman–Crippen LogP) is 5.37. The van der Waals surface area contributed by atoms with Gasteiger partial charge in [-0.15, -0.1) is 11.8 Å². The van der Waals surface area contributed by atoms with Gasteiger partial charge in [0.25, 0.3) is 0 Å². The van der Waals surface area contributed by atoms with Crippen LogP contribution in [0, 0.1) is 11.6 Å². The van der Waals surface area contributed by atoms with E-state index in [4.69, 9.17) is 11.6 Å². The van der Waals surface area contributed by atoms with Gasteiger partial charge in [0.2, 0.25) is 12.3 Å². The molecule has 2 aromatic rings. The fourth-order valence-electron chi connectivity index (χ4n) is 7.41. The minimum Gasteiger partial charge on any atom is -0.355 e. The first kappa shape index (κ1) is 34.9. The van der Waals surface area contributed by atoms with E-state index in [-0.39, 0.29) is 60.0 Å². The van der Waals surface area contributed by atoms with Gasteiger partial charge in [-0.1, -0.05) is 25.1 Å². The number of aliphatic hydroxyl groups excluding tert-OH is 1. The van der Waals surface area contributed by atoms with Gasteiger partial charge < -0.3 is 24.7 Å². The average Bonchev–Trinajstić information content (AvgIpc) is 3.25. The van der Waals surface area contributed by atoms with Crippen LogP contribution < -0.4 is 4.90 Å². The number of benzene rings is 2. The quantitative estimate of drug-likeness (QED) is 0.260. The van der Waals surface area contributed by atoms with E-state index in [1.54, 1.807) is 14.7 Å². The summed E-state index contributed by atoms with van der Waals surface area (Å²) in [7, 11) is 0. The highest BCUT2D eigenvalue weighted by Crippen LogP contribution is 2.52. The van der Waals surface area contributed by atoms with Crippen LogP contribution in [0.5, 0.6) is 0 Å². The van der Waals surface area contributed by atoms with Crippen LogP contribution in [0.25, 0.3) is 11.1 Å². The number of anilines is 1. The number of thioether (sulfide) groups is 1. The molecular weight excluding hydrogens is 675 g/mol. The summed E-state index contributed by atoms with van der Waals surface area (Å²) in [6.45, 7) is 14.2. The molecule has 4 aliphatic rings. The van der Waals surface area contributed by atoms with Gasteiger partial charge in [0.05, 0.1) is 16.3 Å². The largest absolute Gasteiger partial charge is 0.417 e. The van der Waals surface area contributed by atoms with Crippen LogP contribution in [-0.4, -0.2) is 119 Å². The molecule has 1 amide bonds. The predicted molar refractivity (Wildman–Crippen MR) is 177 cm³/mol. The molecule has 2 aromatic carbocycles. The first-order valence-electron chi connectivity index (χ1n) is 16.0. The topological polar surface area (TPSA) is 65.9 Å². The highest BCUT2D eigenvalue weighted by Gasteiger charge is 2.45. The third-order valence-electron chi connectivity index (χ3n) is 9.73. The molecule has 48 heavy (non-hydrogen) atoms. The molecule has 6 rings (SSSR count). The molecule has 1 N–H and O–H groups in total. The van der Waals surface area contributed by atoms with E-state index < -0.39 is 45.9 Å². The maximum atomic E-state index is 15.5. The fourth-order valence-corrected chi connectivity index (χ4v) is 8.98. The molecule has 2 unspecified atom stereocenters. The monoisotopic (exact) mass is 712 g/mol. The lowest BCUT2D eigenvalue weighted by atomic mass is 9.92. The lowest BCUT2D eigenvalue weighted by Crippen LogP contribution is -2.60. The van der Waals surface area contributed by atoms with E-state index in [0.29, 0.717) is 17.5 Å². The molecule has 0 bridgehead atoms. The SMILES string of the molecule is C=CC(=O)N1[C@H](C)CN(C2=NC(O)N3CC(N4CCN(CC)CC4)CSc4c(-c5cc(Cl)c(F)cc5F)c(C(F)(F)F)cc2c43)C[C@@H]1C. The average molecular weight is 713 g/mol. The lowest BCUT2D eigenvalue weighted by molar-refractivity contribution is -0.137. The minimum absolute atomic E-state index is 0.115. The third kappa shape index (κ3) is 6.30. The summed E-state index contributed by atoms with van der Waals surface area (Å²) in [5, 5.41) is 11.2. The van der Waals surface area contributed by atoms with Crippen LogP contribution in [0.3, 0.4) is 0 Å². The molecule has 4 heterocycles. The number of aliphatic imine (C=N–C) groups is 1. The van der Waals surface area contributed by atoms with Crippen molar-refractivity contribution in [3.05, 3.63) is 58.6 Å². The Kier molecular flexibility index (Phi) is 9.77. The van der Waals surface area contributed by atoms with Crippen LogP contribution in [-0.2, 0) is 11.0 Å². The zero-order chi connectivity index (χ0) is 34.7. The number of rotatable bonds is 4. The zero-order valence-corrected chi connectivity index (χ0v) is 28.5. The summed E-state index contributed by atoms with van der Waals surface area (Å²) in [5.41, 5.74) is -1.60. The van der Waals surface area contributed by atoms with Crippen molar-refractivity contribution in [2.75, 3.05) is 63.0 Å². The number of likely N-dealkylation sites (N-methyl/N-ethyl adjacent to an activating group) is 1. The van der Waals surface area contributed by atoms with Crippen molar-refractivity contribution in [1.29, 1.82) is 0 Å². The van der Waals surface area contributed by atoms with Crippen molar-refractivity contribution in [3.63, 3.8) is 0 Å².